The zero-order valence-electron chi connectivity index (χ0n) is 11.6. The van der Waals surface area contributed by atoms with Gasteiger partial charge in [-0.25, -0.2) is 8.42 Å². The van der Waals surface area contributed by atoms with Gasteiger partial charge < -0.3 is 0 Å². The minimum Gasteiger partial charge on any atom is -0.212 e. The van der Waals surface area contributed by atoms with Gasteiger partial charge in [0.05, 0.1) is 5.75 Å². The molecule has 0 radical (unpaired) electrons. The van der Waals surface area contributed by atoms with Crippen LogP contribution >= 0.6 is 0 Å². The number of sulfonamides is 1. The minimum absolute atomic E-state index is 0.333. The summed E-state index contributed by atoms with van der Waals surface area (Å²) in [4.78, 5) is 0. The average molecular weight is 273 g/mol. The van der Waals surface area contributed by atoms with Crippen molar-refractivity contribution < 1.29 is 8.42 Å². The van der Waals surface area contributed by atoms with Crippen LogP contribution < -0.4 is 0 Å². The molecular formula is C14H27NO2S. The van der Waals surface area contributed by atoms with E-state index < -0.39 is 10.0 Å². The highest BCUT2D eigenvalue weighted by molar-refractivity contribution is 7.89. The average Bonchev–Trinajstić information content (AvgIpc) is 3.00. The molecule has 1 saturated carbocycles. The molecule has 2 rings (SSSR count). The van der Waals surface area contributed by atoms with Gasteiger partial charge in [-0.15, -0.1) is 0 Å². The smallest absolute Gasteiger partial charge is 0.212 e. The maximum Gasteiger partial charge on any atom is 0.214 e. The number of hydrogen-bond acceptors (Lipinski definition) is 2. The number of nitrogens with zero attached hydrogens (tertiary/aromatic N) is 1. The Labute approximate surface area is 112 Å². The van der Waals surface area contributed by atoms with Crippen LogP contribution in [0.15, 0.2) is 0 Å². The van der Waals surface area contributed by atoms with Crippen molar-refractivity contribution in [1.29, 1.82) is 0 Å². The summed E-state index contributed by atoms with van der Waals surface area (Å²) in [6, 6.07) is 0.333. The molecule has 0 amide bonds. The summed E-state index contributed by atoms with van der Waals surface area (Å²) in [6.07, 6.45) is 10.2. The first kappa shape index (κ1) is 14.3. The molecule has 1 saturated heterocycles. The van der Waals surface area contributed by atoms with Gasteiger partial charge in [0, 0.05) is 12.6 Å². The van der Waals surface area contributed by atoms with Crippen LogP contribution in [0.4, 0.5) is 0 Å². The van der Waals surface area contributed by atoms with Crippen molar-refractivity contribution in [3.8, 4) is 0 Å². The molecule has 4 heteroatoms. The third-order valence-electron chi connectivity index (χ3n) is 4.56. The van der Waals surface area contributed by atoms with Gasteiger partial charge in [-0.05, 0) is 38.0 Å². The summed E-state index contributed by atoms with van der Waals surface area (Å²) < 4.78 is 26.7. The van der Waals surface area contributed by atoms with Crippen LogP contribution in [0.1, 0.15) is 64.7 Å². The Balaban J connectivity index is 1.96. The zero-order valence-corrected chi connectivity index (χ0v) is 12.4. The van der Waals surface area contributed by atoms with Crippen LogP contribution in [0.2, 0.25) is 0 Å². The standard InChI is InChI=1S/C14H27NO2S/c1-2-3-6-12-18(16,17)15-11-7-10-14(15)13-8-4-5-9-13/h13-14H,2-12H2,1H3. The van der Waals surface area contributed by atoms with E-state index in [1.54, 1.807) is 0 Å². The number of hydrogen-bond donors (Lipinski definition) is 0. The summed E-state index contributed by atoms with van der Waals surface area (Å²) in [5, 5.41) is 0. The van der Waals surface area contributed by atoms with E-state index in [9.17, 15) is 8.42 Å². The first-order valence-corrected chi connectivity index (χ1v) is 9.25. The molecule has 0 aromatic rings. The summed E-state index contributed by atoms with van der Waals surface area (Å²) in [5.74, 6) is 1.01. The van der Waals surface area contributed by atoms with E-state index in [0.717, 1.165) is 38.6 Å². The highest BCUT2D eigenvalue weighted by Gasteiger charge is 2.39. The van der Waals surface area contributed by atoms with Gasteiger partial charge >= 0.3 is 0 Å². The van der Waals surface area contributed by atoms with Gasteiger partial charge in [-0.3, -0.25) is 0 Å². The van der Waals surface area contributed by atoms with E-state index >= 15 is 0 Å². The molecule has 2 aliphatic rings. The lowest BCUT2D eigenvalue weighted by atomic mass is 9.97. The van der Waals surface area contributed by atoms with Crippen LogP contribution in [-0.2, 0) is 10.0 Å². The van der Waals surface area contributed by atoms with E-state index in [0.29, 0.717) is 17.7 Å². The quantitative estimate of drug-likeness (QED) is 0.697. The Hall–Kier alpha value is -0.0900. The van der Waals surface area contributed by atoms with Crippen molar-refractivity contribution in [1.82, 2.24) is 4.31 Å². The van der Waals surface area contributed by atoms with Crippen LogP contribution in [0.25, 0.3) is 0 Å². The van der Waals surface area contributed by atoms with E-state index in [2.05, 4.69) is 6.92 Å². The molecule has 106 valence electrons. The molecule has 1 atom stereocenters. The minimum atomic E-state index is -2.99. The molecule has 0 aromatic heterocycles. The monoisotopic (exact) mass is 273 g/mol. The molecule has 1 unspecified atom stereocenters. The number of rotatable bonds is 6. The van der Waals surface area contributed by atoms with Crippen molar-refractivity contribution in [2.24, 2.45) is 5.92 Å². The lowest BCUT2D eigenvalue weighted by Crippen LogP contribution is -2.40. The highest BCUT2D eigenvalue weighted by atomic mass is 32.2. The van der Waals surface area contributed by atoms with E-state index in [1.165, 1.54) is 25.7 Å². The van der Waals surface area contributed by atoms with Crippen LogP contribution in [0, 0.1) is 5.92 Å². The van der Waals surface area contributed by atoms with Crippen LogP contribution in [0.5, 0.6) is 0 Å². The topological polar surface area (TPSA) is 37.4 Å². The van der Waals surface area contributed by atoms with E-state index in [1.807, 2.05) is 4.31 Å². The second-order valence-electron chi connectivity index (χ2n) is 5.89. The molecule has 0 aromatic carbocycles. The van der Waals surface area contributed by atoms with Gasteiger partial charge in [0.2, 0.25) is 10.0 Å². The molecule has 0 N–H and O–H groups in total. The largest absolute Gasteiger partial charge is 0.214 e. The second kappa shape index (κ2) is 6.38. The van der Waals surface area contributed by atoms with Crippen LogP contribution in [0.3, 0.4) is 0 Å². The molecule has 3 nitrogen and oxygen atoms in total. The Kier molecular flexibility index (Phi) is 5.07. The summed E-state index contributed by atoms with van der Waals surface area (Å²) in [6.45, 7) is 2.89. The molecule has 18 heavy (non-hydrogen) atoms. The van der Waals surface area contributed by atoms with Crippen molar-refractivity contribution in [3.05, 3.63) is 0 Å². The van der Waals surface area contributed by atoms with Gasteiger partial charge in [-0.1, -0.05) is 32.6 Å². The number of unbranched alkanes of at least 4 members (excludes halogenated alkanes) is 2. The fourth-order valence-corrected chi connectivity index (χ4v) is 5.48. The molecule has 1 aliphatic carbocycles. The van der Waals surface area contributed by atoms with Crippen molar-refractivity contribution >= 4 is 10.0 Å². The van der Waals surface area contributed by atoms with Crippen LogP contribution in [-0.4, -0.2) is 31.1 Å². The third-order valence-corrected chi connectivity index (χ3v) is 6.53. The molecule has 0 bridgehead atoms. The Morgan fingerprint density at radius 2 is 1.78 bits per heavy atom. The maximum absolute atomic E-state index is 12.4. The molecular weight excluding hydrogens is 246 g/mol. The predicted molar refractivity (Wildman–Crippen MR) is 75.0 cm³/mol. The van der Waals surface area contributed by atoms with E-state index in [-0.39, 0.29) is 0 Å². The highest BCUT2D eigenvalue weighted by Crippen LogP contribution is 2.36. The fraction of sp³-hybridized carbons (Fsp3) is 1.00. The molecule has 2 fully saturated rings. The Morgan fingerprint density at radius 1 is 1.06 bits per heavy atom. The van der Waals surface area contributed by atoms with Crippen molar-refractivity contribution in [2.75, 3.05) is 12.3 Å². The lowest BCUT2D eigenvalue weighted by Gasteiger charge is -2.28. The van der Waals surface area contributed by atoms with Crippen molar-refractivity contribution in [3.63, 3.8) is 0 Å². The molecule has 1 heterocycles. The maximum atomic E-state index is 12.4. The van der Waals surface area contributed by atoms with Crippen molar-refractivity contribution in [2.45, 2.75) is 70.8 Å². The van der Waals surface area contributed by atoms with Gasteiger partial charge in [-0.2, -0.15) is 4.31 Å². The normalized spacial score (nSPS) is 27.1. The second-order valence-corrected chi connectivity index (χ2v) is 7.93. The first-order valence-electron chi connectivity index (χ1n) is 7.64. The predicted octanol–water partition coefficient (Wildman–Crippen LogP) is 3.16. The summed E-state index contributed by atoms with van der Waals surface area (Å²) in [7, 11) is -2.99. The van der Waals surface area contributed by atoms with Gasteiger partial charge in [0.15, 0.2) is 0 Å². The lowest BCUT2D eigenvalue weighted by molar-refractivity contribution is 0.288. The SMILES string of the molecule is CCCCCS(=O)(=O)N1CCCC1C1CCCC1. The van der Waals surface area contributed by atoms with Gasteiger partial charge in [0.25, 0.3) is 0 Å². The molecule has 1 aliphatic heterocycles. The third kappa shape index (κ3) is 3.27. The van der Waals surface area contributed by atoms with E-state index in [4.69, 9.17) is 0 Å². The summed E-state index contributed by atoms with van der Waals surface area (Å²) >= 11 is 0. The Bertz CT molecular complexity index is 347. The molecule has 0 spiro atoms. The first-order chi connectivity index (χ1) is 8.65. The summed E-state index contributed by atoms with van der Waals surface area (Å²) in [5.41, 5.74) is 0. The van der Waals surface area contributed by atoms with Gasteiger partial charge in [0.1, 0.15) is 0 Å². The Morgan fingerprint density at radius 3 is 2.44 bits per heavy atom. The fourth-order valence-electron chi connectivity index (χ4n) is 3.58. The zero-order chi connectivity index (χ0) is 13.0.